The molecule has 1 aromatic carbocycles. The molecule has 5 heteroatoms. The van der Waals surface area contributed by atoms with Crippen LogP contribution in [0.25, 0.3) is 0 Å². The van der Waals surface area contributed by atoms with Gasteiger partial charge >= 0.3 is 5.97 Å². The molecule has 1 heterocycles. The number of rotatable bonds is 11. The molecule has 1 atom stereocenters. The number of unbranched alkanes of at least 4 members (excludes halogenated alkanes) is 4. The molecule has 134 valence electrons. The largest absolute Gasteiger partial charge is 0.494 e. The van der Waals surface area contributed by atoms with Gasteiger partial charge in [0, 0.05) is 19.6 Å². The van der Waals surface area contributed by atoms with E-state index in [0.717, 1.165) is 51.1 Å². The van der Waals surface area contributed by atoms with E-state index >= 15 is 0 Å². The molecule has 24 heavy (non-hydrogen) atoms. The second-order valence-electron chi connectivity index (χ2n) is 5.95. The van der Waals surface area contributed by atoms with Crippen LogP contribution in [0, 0.1) is 0 Å². The van der Waals surface area contributed by atoms with Gasteiger partial charge in [0.15, 0.2) is 6.29 Å². The van der Waals surface area contributed by atoms with Gasteiger partial charge in [-0.05, 0) is 43.5 Å². The van der Waals surface area contributed by atoms with E-state index in [9.17, 15) is 4.79 Å². The average molecular weight is 336 g/mol. The maximum Gasteiger partial charge on any atom is 0.337 e. The number of carbonyl (C=O) groups excluding carboxylic acids is 1. The molecule has 1 unspecified atom stereocenters. The summed E-state index contributed by atoms with van der Waals surface area (Å²) in [5.74, 6) is 0.456. The summed E-state index contributed by atoms with van der Waals surface area (Å²) in [7, 11) is 1.38. The average Bonchev–Trinajstić information content (AvgIpc) is 3.13. The maximum atomic E-state index is 11.3. The third-order valence-corrected chi connectivity index (χ3v) is 4.02. The van der Waals surface area contributed by atoms with Crippen LogP contribution in [0.3, 0.4) is 0 Å². The van der Waals surface area contributed by atoms with E-state index < -0.39 is 0 Å². The molecule has 0 N–H and O–H groups in total. The second-order valence-corrected chi connectivity index (χ2v) is 5.95. The van der Waals surface area contributed by atoms with Crippen molar-refractivity contribution < 1.29 is 23.7 Å². The molecule has 2 rings (SSSR count). The van der Waals surface area contributed by atoms with Gasteiger partial charge in [0.1, 0.15) is 5.75 Å². The Morgan fingerprint density at radius 3 is 2.46 bits per heavy atom. The summed E-state index contributed by atoms with van der Waals surface area (Å²) in [4.78, 5) is 11.3. The molecule has 1 aliphatic heterocycles. The first kappa shape index (κ1) is 18.7. The standard InChI is InChI=1S/C19H28O5/c1-21-19(20)16-9-11-17(12-10-16)22-13-5-3-2-4-6-14-23-18-8-7-15-24-18/h9-12,18H,2-8,13-15H2,1H3. The van der Waals surface area contributed by atoms with E-state index in [4.69, 9.17) is 14.2 Å². The van der Waals surface area contributed by atoms with Crippen molar-refractivity contribution in [3.05, 3.63) is 29.8 Å². The fourth-order valence-electron chi connectivity index (χ4n) is 2.62. The first-order valence-electron chi connectivity index (χ1n) is 8.84. The van der Waals surface area contributed by atoms with Gasteiger partial charge < -0.3 is 18.9 Å². The zero-order chi connectivity index (χ0) is 17.0. The predicted octanol–water partition coefficient (Wildman–Crippen LogP) is 3.96. The fraction of sp³-hybridized carbons (Fsp3) is 0.632. The third kappa shape index (κ3) is 6.89. The highest BCUT2D eigenvalue weighted by Crippen LogP contribution is 2.15. The maximum absolute atomic E-state index is 11.3. The first-order valence-corrected chi connectivity index (χ1v) is 8.84. The Hall–Kier alpha value is -1.59. The monoisotopic (exact) mass is 336 g/mol. The molecule has 0 amide bonds. The third-order valence-electron chi connectivity index (χ3n) is 4.02. The molecule has 1 saturated heterocycles. The minimum Gasteiger partial charge on any atom is -0.494 e. The Balaban J connectivity index is 1.44. The van der Waals surface area contributed by atoms with Crippen molar-refractivity contribution in [3.63, 3.8) is 0 Å². The smallest absolute Gasteiger partial charge is 0.337 e. The SMILES string of the molecule is COC(=O)c1ccc(OCCCCCCCOC2CCCO2)cc1. The normalized spacial score (nSPS) is 17.0. The summed E-state index contributed by atoms with van der Waals surface area (Å²) in [6.07, 6.45) is 7.86. The zero-order valence-corrected chi connectivity index (χ0v) is 14.5. The highest BCUT2D eigenvalue weighted by Gasteiger charge is 2.14. The Bertz CT molecular complexity index is 465. The molecule has 0 saturated carbocycles. The van der Waals surface area contributed by atoms with E-state index in [1.54, 1.807) is 24.3 Å². The molecule has 1 aromatic rings. The number of methoxy groups -OCH3 is 1. The number of hydrogen-bond donors (Lipinski definition) is 0. The Morgan fingerprint density at radius 1 is 1.08 bits per heavy atom. The van der Waals surface area contributed by atoms with Crippen LogP contribution < -0.4 is 4.74 Å². The lowest BCUT2D eigenvalue weighted by molar-refractivity contribution is -0.111. The van der Waals surface area contributed by atoms with E-state index in [-0.39, 0.29) is 12.3 Å². The van der Waals surface area contributed by atoms with Crippen molar-refractivity contribution in [1.29, 1.82) is 0 Å². The number of carbonyl (C=O) groups is 1. The zero-order valence-electron chi connectivity index (χ0n) is 14.5. The number of esters is 1. The molecule has 0 bridgehead atoms. The molecule has 5 nitrogen and oxygen atoms in total. The molecule has 1 fully saturated rings. The van der Waals surface area contributed by atoms with Gasteiger partial charge in [-0.2, -0.15) is 0 Å². The van der Waals surface area contributed by atoms with Crippen molar-refractivity contribution in [1.82, 2.24) is 0 Å². The highest BCUT2D eigenvalue weighted by molar-refractivity contribution is 5.89. The van der Waals surface area contributed by atoms with Gasteiger partial charge in [-0.15, -0.1) is 0 Å². The molecular formula is C19H28O5. The summed E-state index contributed by atoms with van der Waals surface area (Å²) in [5.41, 5.74) is 0.537. The number of hydrogen-bond acceptors (Lipinski definition) is 5. The molecule has 0 radical (unpaired) electrons. The summed E-state index contributed by atoms with van der Waals surface area (Å²) in [6, 6.07) is 7.04. The van der Waals surface area contributed by atoms with Crippen LogP contribution in [0.5, 0.6) is 5.75 Å². The van der Waals surface area contributed by atoms with Crippen molar-refractivity contribution in [2.75, 3.05) is 26.9 Å². The van der Waals surface area contributed by atoms with Gasteiger partial charge in [0.2, 0.25) is 0 Å². The minimum absolute atomic E-state index is 0.0453. The lowest BCUT2D eigenvalue weighted by atomic mass is 10.1. The molecule has 1 aliphatic rings. The van der Waals surface area contributed by atoms with E-state index in [2.05, 4.69) is 4.74 Å². The summed E-state index contributed by atoms with van der Waals surface area (Å²) >= 11 is 0. The van der Waals surface area contributed by atoms with Crippen LogP contribution in [0.4, 0.5) is 0 Å². The topological polar surface area (TPSA) is 54.0 Å². The Labute approximate surface area is 144 Å². The van der Waals surface area contributed by atoms with Crippen molar-refractivity contribution in [3.8, 4) is 5.75 Å². The van der Waals surface area contributed by atoms with Crippen LogP contribution >= 0.6 is 0 Å². The first-order chi connectivity index (χ1) is 11.8. The lowest BCUT2D eigenvalue weighted by Crippen LogP contribution is -2.11. The minimum atomic E-state index is -0.329. The van der Waals surface area contributed by atoms with E-state index in [0.29, 0.717) is 12.2 Å². The van der Waals surface area contributed by atoms with Crippen LogP contribution in [0.1, 0.15) is 55.3 Å². The van der Waals surface area contributed by atoms with Gasteiger partial charge in [-0.25, -0.2) is 4.79 Å². The Morgan fingerprint density at radius 2 is 1.79 bits per heavy atom. The van der Waals surface area contributed by atoms with Crippen LogP contribution in [0.15, 0.2) is 24.3 Å². The van der Waals surface area contributed by atoms with Crippen LogP contribution in [-0.4, -0.2) is 39.2 Å². The number of benzene rings is 1. The van der Waals surface area contributed by atoms with Crippen molar-refractivity contribution >= 4 is 5.97 Å². The predicted molar refractivity (Wildman–Crippen MR) is 91.3 cm³/mol. The van der Waals surface area contributed by atoms with Gasteiger partial charge in [0.05, 0.1) is 19.3 Å². The molecule has 0 aliphatic carbocycles. The summed E-state index contributed by atoms with van der Waals surface area (Å²) in [5, 5.41) is 0. The number of ether oxygens (including phenoxy) is 4. The van der Waals surface area contributed by atoms with Gasteiger partial charge in [-0.3, -0.25) is 0 Å². The second kappa shape index (κ2) is 11.0. The summed E-state index contributed by atoms with van der Waals surface area (Å²) < 4.78 is 21.4. The molecule has 0 aromatic heterocycles. The Kier molecular flexibility index (Phi) is 8.63. The quantitative estimate of drug-likeness (QED) is 0.452. The van der Waals surface area contributed by atoms with Crippen molar-refractivity contribution in [2.45, 2.75) is 51.2 Å². The van der Waals surface area contributed by atoms with Crippen molar-refractivity contribution in [2.24, 2.45) is 0 Å². The van der Waals surface area contributed by atoms with Crippen LogP contribution in [-0.2, 0) is 14.2 Å². The molecular weight excluding hydrogens is 308 g/mol. The lowest BCUT2D eigenvalue weighted by Gasteiger charge is -2.10. The van der Waals surface area contributed by atoms with E-state index in [1.807, 2.05) is 0 Å². The highest BCUT2D eigenvalue weighted by atomic mass is 16.7. The van der Waals surface area contributed by atoms with Gasteiger partial charge in [-0.1, -0.05) is 19.3 Å². The van der Waals surface area contributed by atoms with Crippen LogP contribution in [0.2, 0.25) is 0 Å². The fourth-order valence-corrected chi connectivity index (χ4v) is 2.62. The summed E-state index contributed by atoms with van der Waals surface area (Å²) in [6.45, 7) is 2.34. The van der Waals surface area contributed by atoms with E-state index in [1.165, 1.54) is 20.0 Å². The molecule has 0 spiro atoms. The van der Waals surface area contributed by atoms with Gasteiger partial charge in [0.25, 0.3) is 0 Å².